The van der Waals surface area contributed by atoms with E-state index in [0.29, 0.717) is 5.02 Å². The van der Waals surface area contributed by atoms with E-state index in [1.165, 1.54) is 19.3 Å². The Bertz CT molecular complexity index is 700. The lowest BCUT2D eigenvalue weighted by atomic mass is 9.63. The largest absolute Gasteiger partial charge is 0.353 e. The van der Waals surface area contributed by atoms with Crippen LogP contribution in [0.3, 0.4) is 0 Å². The molecule has 4 nitrogen and oxygen atoms in total. The first kappa shape index (κ1) is 19.8. The molecule has 2 saturated carbocycles. The van der Waals surface area contributed by atoms with E-state index in [1.54, 1.807) is 0 Å². The number of carbonyl (C=O) groups is 2. The van der Waals surface area contributed by atoms with Crippen molar-refractivity contribution in [1.29, 1.82) is 0 Å². The SMILES string of the molecule is O=C(NC1CCN(C(=O)C2(c3ccc(Cl)cc3)CCC2)CC1)C1CCCCC1. The molecule has 1 aromatic carbocycles. The molecular weight excluding hydrogens is 372 g/mol. The number of nitrogens with zero attached hydrogens (tertiary/aromatic N) is 1. The van der Waals surface area contributed by atoms with Gasteiger partial charge >= 0.3 is 0 Å². The molecule has 0 spiro atoms. The summed E-state index contributed by atoms with van der Waals surface area (Å²) in [7, 11) is 0. The smallest absolute Gasteiger partial charge is 0.233 e. The zero-order chi connectivity index (χ0) is 19.6. The molecule has 28 heavy (non-hydrogen) atoms. The number of amides is 2. The Morgan fingerprint density at radius 3 is 2.14 bits per heavy atom. The highest BCUT2D eigenvalue weighted by molar-refractivity contribution is 6.30. The zero-order valence-corrected chi connectivity index (χ0v) is 17.3. The molecule has 1 heterocycles. The highest BCUT2D eigenvalue weighted by atomic mass is 35.5. The van der Waals surface area contributed by atoms with Crippen molar-refractivity contribution in [2.24, 2.45) is 5.92 Å². The maximum Gasteiger partial charge on any atom is 0.233 e. The number of carbonyl (C=O) groups excluding carboxylic acids is 2. The predicted octanol–water partition coefficient (Wildman–Crippen LogP) is 4.45. The molecule has 0 bridgehead atoms. The fourth-order valence-electron chi connectivity index (χ4n) is 5.14. The average molecular weight is 403 g/mol. The summed E-state index contributed by atoms with van der Waals surface area (Å²) in [6.45, 7) is 1.48. The second-order valence-corrected chi connectivity index (χ2v) is 9.29. The van der Waals surface area contributed by atoms with Gasteiger partial charge in [0.1, 0.15) is 0 Å². The van der Waals surface area contributed by atoms with Crippen LogP contribution in [0.1, 0.15) is 69.8 Å². The van der Waals surface area contributed by atoms with E-state index < -0.39 is 0 Å². The average Bonchev–Trinajstić information content (AvgIpc) is 2.69. The second-order valence-electron chi connectivity index (χ2n) is 8.85. The van der Waals surface area contributed by atoms with Gasteiger partial charge in [-0.15, -0.1) is 0 Å². The quantitative estimate of drug-likeness (QED) is 0.808. The van der Waals surface area contributed by atoms with Crippen LogP contribution in [-0.2, 0) is 15.0 Å². The second kappa shape index (κ2) is 8.44. The highest BCUT2D eigenvalue weighted by Crippen LogP contribution is 2.45. The molecule has 4 rings (SSSR count). The van der Waals surface area contributed by atoms with E-state index in [0.717, 1.165) is 63.6 Å². The van der Waals surface area contributed by atoms with E-state index >= 15 is 0 Å². The third kappa shape index (κ3) is 3.94. The Labute approximate surface area is 173 Å². The third-order valence-electron chi connectivity index (χ3n) is 7.12. The maximum atomic E-state index is 13.4. The highest BCUT2D eigenvalue weighted by Gasteiger charge is 2.48. The van der Waals surface area contributed by atoms with Crippen LogP contribution >= 0.6 is 11.6 Å². The Morgan fingerprint density at radius 1 is 0.929 bits per heavy atom. The Balaban J connectivity index is 1.33. The van der Waals surface area contributed by atoms with Crippen LogP contribution in [0.2, 0.25) is 5.02 Å². The van der Waals surface area contributed by atoms with Crippen molar-refractivity contribution in [3.8, 4) is 0 Å². The van der Waals surface area contributed by atoms with Crippen molar-refractivity contribution < 1.29 is 9.59 Å². The molecule has 3 aliphatic rings. The summed E-state index contributed by atoms with van der Waals surface area (Å²) in [4.78, 5) is 27.9. The lowest BCUT2D eigenvalue weighted by molar-refractivity contribution is -0.142. The molecule has 0 atom stereocenters. The fraction of sp³-hybridized carbons (Fsp3) is 0.652. The van der Waals surface area contributed by atoms with Crippen LogP contribution in [0.15, 0.2) is 24.3 Å². The number of benzene rings is 1. The number of halogens is 1. The molecule has 152 valence electrons. The van der Waals surface area contributed by atoms with E-state index in [1.807, 2.05) is 29.2 Å². The van der Waals surface area contributed by atoms with Gasteiger partial charge in [0, 0.05) is 30.1 Å². The first-order valence-corrected chi connectivity index (χ1v) is 11.3. The molecular formula is C23H31ClN2O2. The van der Waals surface area contributed by atoms with Crippen molar-refractivity contribution in [1.82, 2.24) is 10.2 Å². The molecule has 3 fully saturated rings. The zero-order valence-electron chi connectivity index (χ0n) is 16.6. The molecule has 1 N–H and O–H groups in total. The van der Waals surface area contributed by atoms with Crippen molar-refractivity contribution in [3.63, 3.8) is 0 Å². The predicted molar refractivity (Wildman–Crippen MR) is 111 cm³/mol. The van der Waals surface area contributed by atoms with Crippen LogP contribution in [0.4, 0.5) is 0 Å². The molecule has 1 aliphatic heterocycles. The normalized spacial score (nSPS) is 23.1. The topological polar surface area (TPSA) is 49.4 Å². The van der Waals surface area contributed by atoms with Gasteiger partial charge in [-0.2, -0.15) is 0 Å². The number of rotatable bonds is 4. The summed E-state index contributed by atoms with van der Waals surface area (Å²) >= 11 is 6.03. The minimum absolute atomic E-state index is 0.205. The van der Waals surface area contributed by atoms with Gasteiger partial charge in [-0.1, -0.05) is 49.4 Å². The first-order valence-electron chi connectivity index (χ1n) is 10.9. The monoisotopic (exact) mass is 402 g/mol. The van der Waals surface area contributed by atoms with Crippen molar-refractivity contribution >= 4 is 23.4 Å². The Kier molecular flexibility index (Phi) is 5.96. The Hall–Kier alpha value is -1.55. The number of likely N-dealkylation sites (tertiary alicyclic amines) is 1. The number of nitrogens with one attached hydrogen (secondary N) is 1. The third-order valence-corrected chi connectivity index (χ3v) is 7.37. The van der Waals surface area contributed by atoms with E-state index in [2.05, 4.69) is 5.32 Å². The van der Waals surface area contributed by atoms with Crippen molar-refractivity contribution in [2.45, 2.75) is 75.7 Å². The van der Waals surface area contributed by atoms with Crippen LogP contribution in [-0.4, -0.2) is 35.8 Å². The summed E-state index contributed by atoms with van der Waals surface area (Å²) in [5, 5.41) is 3.97. The van der Waals surface area contributed by atoms with Gasteiger partial charge in [-0.25, -0.2) is 0 Å². The van der Waals surface area contributed by atoms with Gasteiger partial charge in [0.25, 0.3) is 0 Å². The van der Waals surface area contributed by atoms with E-state index in [4.69, 9.17) is 11.6 Å². The molecule has 1 aromatic rings. The summed E-state index contributed by atoms with van der Waals surface area (Å²) in [5.74, 6) is 0.704. The van der Waals surface area contributed by atoms with Gasteiger partial charge in [-0.05, 0) is 56.2 Å². The molecule has 2 amide bonds. The number of hydrogen-bond donors (Lipinski definition) is 1. The van der Waals surface area contributed by atoms with Gasteiger partial charge in [0.2, 0.25) is 11.8 Å². The maximum absolute atomic E-state index is 13.4. The van der Waals surface area contributed by atoms with E-state index in [9.17, 15) is 9.59 Å². The van der Waals surface area contributed by atoms with E-state index in [-0.39, 0.29) is 29.2 Å². The minimum Gasteiger partial charge on any atom is -0.353 e. The number of piperidine rings is 1. The molecule has 1 saturated heterocycles. The standard InChI is InChI=1S/C23H31ClN2O2/c24-19-9-7-18(8-10-19)23(13-4-14-23)22(28)26-15-11-20(12-16-26)25-21(27)17-5-2-1-3-6-17/h7-10,17,20H,1-6,11-16H2,(H,25,27). The minimum atomic E-state index is -0.358. The van der Waals surface area contributed by atoms with Gasteiger partial charge in [0.15, 0.2) is 0 Å². The van der Waals surface area contributed by atoms with Crippen LogP contribution < -0.4 is 5.32 Å². The van der Waals surface area contributed by atoms with Crippen molar-refractivity contribution in [2.75, 3.05) is 13.1 Å². The van der Waals surface area contributed by atoms with Gasteiger partial charge in [0.05, 0.1) is 5.41 Å². The van der Waals surface area contributed by atoms with Crippen molar-refractivity contribution in [3.05, 3.63) is 34.9 Å². The first-order chi connectivity index (χ1) is 13.6. The van der Waals surface area contributed by atoms with Gasteiger partial charge in [-0.3, -0.25) is 9.59 Å². The summed E-state index contributed by atoms with van der Waals surface area (Å²) < 4.78 is 0. The van der Waals surface area contributed by atoms with Crippen LogP contribution in [0.25, 0.3) is 0 Å². The lowest BCUT2D eigenvalue weighted by Gasteiger charge is -2.45. The van der Waals surface area contributed by atoms with Gasteiger partial charge < -0.3 is 10.2 Å². The lowest BCUT2D eigenvalue weighted by Crippen LogP contribution is -2.55. The number of hydrogen-bond acceptors (Lipinski definition) is 2. The Morgan fingerprint density at radius 2 is 1.57 bits per heavy atom. The summed E-state index contributed by atoms with van der Waals surface area (Å²) in [5.41, 5.74) is 0.740. The van der Waals surface area contributed by atoms with Crippen LogP contribution in [0.5, 0.6) is 0 Å². The fourth-order valence-corrected chi connectivity index (χ4v) is 5.26. The van der Waals surface area contributed by atoms with Crippen LogP contribution in [0, 0.1) is 5.92 Å². The molecule has 2 aliphatic carbocycles. The molecule has 0 radical (unpaired) electrons. The summed E-state index contributed by atoms with van der Waals surface area (Å²) in [6, 6.07) is 8.01. The summed E-state index contributed by atoms with van der Waals surface area (Å²) in [6.07, 6.45) is 10.4. The molecule has 5 heteroatoms. The molecule has 0 unspecified atom stereocenters. The molecule has 0 aromatic heterocycles.